The number of esters is 1. The molecule has 6 nitrogen and oxygen atoms in total. The van der Waals surface area contributed by atoms with Crippen LogP contribution in [0.25, 0.3) is 6.08 Å². The maximum Gasteiger partial charge on any atom is 0.338 e. The molecule has 172 valence electrons. The molecule has 0 aliphatic carbocycles. The van der Waals surface area contributed by atoms with Crippen LogP contribution >= 0.6 is 11.6 Å². The normalized spacial score (nSPS) is 14.7. The van der Waals surface area contributed by atoms with Crippen molar-refractivity contribution >= 4 is 41.1 Å². The van der Waals surface area contributed by atoms with Crippen molar-refractivity contribution < 1.29 is 23.9 Å². The molecule has 3 aromatic rings. The number of hydrogen-bond acceptors (Lipinski definition) is 5. The van der Waals surface area contributed by atoms with Gasteiger partial charge < -0.3 is 9.47 Å². The van der Waals surface area contributed by atoms with Crippen molar-refractivity contribution in [2.75, 3.05) is 4.90 Å². The van der Waals surface area contributed by atoms with Crippen LogP contribution in [0.5, 0.6) is 11.5 Å². The highest BCUT2D eigenvalue weighted by Crippen LogP contribution is 2.32. The maximum atomic E-state index is 13.0. The van der Waals surface area contributed by atoms with E-state index in [1.807, 2.05) is 12.1 Å². The fraction of sp³-hybridized carbons (Fsp3) is 0.148. The second-order valence-electron chi connectivity index (χ2n) is 7.98. The van der Waals surface area contributed by atoms with E-state index < -0.39 is 11.9 Å². The molecule has 0 bridgehead atoms. The summed E-state index contributed by atoms with van der Waals surface area (Å²) in [5.41, 5.74) is 1.86. The zero-order valence-electron chi connectivity index (χ0n) is 18.7. The van der Waals surface area contributed by atoms with Crippen LogP contribution in [0.2, 0.25) is 5.02 Å². The van der Waals surface area contributed by atoms with Crippen LogP contribution in [0.4, 0.5) is 5.69 Å². The van der Waals surface area contributed by atoms with Crippen molar-refractivity contribution in [3.05, 3.63) is 94.5 Å². The summed E-state index contributed by atoms with van der Waals surface area (Å²) in [6.45, 7) is 3.58. The van der Waals surface area contributed by atoms with Crippen molar-refractivity contribution in [1.29, 1.82) is 0 Å². The highest BCUT2D eigenvalue weighted by atomic mass is 35.5. The fourth-order valence-electron chi connectivity index (χ4n) is 3.51. The van der Waals surface area contributed by atoms with Crippen LogP contribution < -0.4 is 9.64 Å². The Kier molecular flexibility index (Phi) is 6.80. The van der Waals surface area contributed by atoms with Crippen LogP contribution in [-0.4, -0.2) is 23.9 Å². The molecule has 1 aliphatic rings. The molecule has 2 amide bonds. The van der Waals surface area contributed by atoms with Gasteiger partial charge in [0.1, 0.15) is 11.5 Å². The Morgan fingerprint density at radius 1 is 1.00 bits per heavy atom. The van der Waals surface area contributed by atoms with Gasteiger partial charge in [-0.3, -0.25) is 9.59 Å². The number of halogens is 1. The number of carbonyl (C=O) groups is 3. The molecular formula is C27H22ClNO5. The summed E-state index contributed by atoms with van der Waals surface area (Å²) in [7, 11) is 0. The summed E-state index contributed by atoms with van der Waals surface area (Å²) in [6, 6.07) is 20.4. The number of imide groups is 1. The molecule has 0 N–H and O–H groups in total. The summed E-state index contributed by atoms with van der Waals surface area (Å²) in [4.78, 5) is 38.7. The second-order valence-corrected chi connectivity index (χ2v) is 8.42. The van der Waals surface area contributed by atoms with Crippen LogP contribution in [0.1, 0.15) is 36.2 Å². The highest BCUT2D eigenvalue weighted by Gasteiger charge is 2.35. The van der Waals surface area contributed by atoms with Crippen molar-refractivity contribution in [1.82, 2.24) is 0 Å². The van der Waals surface area contributed by atoms with E-state index in [-0.39, 0.29) is 18.4 Å². The minimum Gasteiger partial charge on any atom is -0.459 e. The van der Waals surface area contributed by atoms with Gasteiger partial charge in [-0.1, -0.05) is 35.9 Å². The SMILES string of the molecule is CC(C)OC(=O)c1ccc(Oc2ccccc2/C=C2/CC(=O)N(c3cccc(Cl)c3)C2=O)cc1. The number of hydrogen-bond donors (Lipinski definition) is 0. The van der Waals surface area contributed by atoms with Crippen LogP contribution in [0.15, 0.2) is 78.4 Å². The summed E-state index contributed by atoms with van der Waals surface area (Å²) in [6.07, 6.45) is 1.43. The molecule has 0 aromatic heterocycles. The first kappa shape index (κ1) is 23.3. The third-order valence-corrected chi connectivity index (χ3v) is 5.28. The van der Waals surface area contributed by atoms with Gasteiger partial charge in [0.15, 0.2) is 0 Å². The van der Waals surface area contributed by atoms with Crippen LogP contribution in [0.3, 0.4) is 0 Å². The van der Waals surface area contributed by atoms with Gasteiger partial charge in [-0.05, 0) is 68.5 Å². The Hall–Kier alpha value is -3.90. The van der Waals surface area contributed by atoms with E-state index in [0.717, 1.165) is 4.90 Å². The average molecular weight is 476 g/mol. The van der Waals surface area contributed by atoms with Crippen molar-refractivity contribution in [3.8, 4) is 11.5 Å². The highest BCUT2D eigenvalue weighted by molar-refractivity contribution is 6.32. The standard InChI is InChI=1S/C27H22ClNO5/c1-17(2)33-27(32)18-10-12-23(13-11-18)34-24-9-4-3-6-19(24)14-20-15-25(30)29(26(20)31)22-8-5-7-21(28)16-22/h3-14,16-17H,15H2,1-2H3/b20-14-. The van der Waals surface area contributed by atoms with E-state index in [0.29, 0.717) is 38.9 Å². The first-order valence-corrected chi connectivity index (χ1v) is 11.1. The van der Waals surface area contributed by atoms with Gasteiger partial charge >= 0.3 is 5.97 Å². The van der Waals surface area contributed by atoms with Crippen LogP contribution in [-0.2, 0) is 14.3 Å². The largest absolute Gasteiger partial charge is 0.459 e. The van der Waals surface area contributed by atoms with Gasteiger partial charge in [0.2, 0.25) is 5.91 Å². The van der Waals surface area contributed by atoms with Crippen molar-refractivity contribution in [2.24, 2.45) is 0 Å². The summed E-state index contributed by atoms with van der Waals surface area (Å²) in [5, 5.41) is 0.442. The number of rotatable bonds is 6. The Morgan fingerprint density at radius 2 is 1.74 bits per heavy atom. The number of anilines is 1. The van der Waals surface area contributed by atoms with Gasteiger partial charge in [0.25, 0.3) is 5.91 Å². The third kappa shape index (κ3) is 5.18. The van der Waals surface area contributed by atoms with Crippen LogP contribution in [0, 0.1) is 0 Å². The van der Waals surface area contributed by atoms with Gasteiger partial charge in [-0.15, -0.1) is 0 Å². The molecule has 0 saturated carbocycles. The molecule has 4 rings (SSSR count). The smallest absolute Gasteiger partial charge is 0.338 e. The lowest BCUT2D eigenvalue weighted by molar-refractivity contribution is -0.120. The van der Waals surface area contributed by atoms with Gasteiger partial charge in [-0.25, -0.2) is 9.69 Å². The lowest BCUT2D eigenvalue weighted by Crippen LogP contribution is -2.28. The summed E-state index contributed by atoms with van der Waals surface area (Å²) >= 11 is 6.03. The van der Waals surface area contributed by atoms with Gasteiger partial charge in [0, 0.05) is 16.2 Å². The minimum absolute atomic E-state index is 0.0215. The molecule has 0 radical (unpaired) electrons. The molecule has 0 atom stereocenters. The van der Waals surface area contributed by atoms with Crippen molar-refractivity contribution in [3.63, 3.8) is 0 Å². The molecule has 7 heteroatoms. The second kappa shape index (κ2) is 9.93. The predicted octanol–water partition coefficient (Wildman–Crippen LogP) is 6.04. The minimum atomic E-state index is -0.402. The molecule has 34 heavy (non-hydrogen) atoms. The lowest BCUT2D eigenvalue weighted by Gasteiger charge is -2.13. The molecule has 1 saturated heterocycles. The van der Waals surface area contributed by atoms with E-state index in [2.05, 4.69) is 0 Å². The predicted molar refractivity (Wildman–Crippen MR) is 130 cm³/mol. The Balaban J connectivity index is 1.55. The number of carbonyl (C=O) groups excluding carboxylic acids is 3. The molecule has 1 aliphatic heterocycles. The topological polar surface area (TPSA) is 72.9 Å². The maximum absolute atomic E-state index is 13.0. The quantitative estimate of drug-likeness (QED) is 0.247. The third-order valence-electron chi connectivity index (χ3n) is 5.04. The molecular weight excluding hydrogens is 454 g/mol. The number of nitrogens with zero attached hydrogens (tertiary/aromatic N) is 1. The zero-order valence-corrected chi connectivity index (χ0v) is 19.4. The van der Waals surface area contributed by atoms with Crippen molar-refractivity contribution in [2.45, 2.75) is 26.4 Å². The van der Waals surface area contributed by atoms with E-state index >= 15 is 0 Å². The van der Waals surface area contributed by atoms with Gasteiger partial charge in [-0.2, -0.15) is 0 Å². The Bertz CT molecular complexity index is 1280. The first-order chi connectivity index (χ1) is 16.3. The fourth-order valence-corrected chi connectivity index (χ4v) is 3.70. The number of ether oxygens (including phenoxy) is 2. The van der Waals surface area contributed by atoms with E-state index in [1.54, 1.807) is 80.6 Å². The number of benzene rings is 3. The zero-order chi connectivity index (χ0) is 24.2. The first-order valence-electron chi connectivity index (χ1n) is 10.7. The lowest BCUT2D eigenvalue weighted by atomic mass is 10.1. The molecule has 3 aromatic carbocycles. The average Bonchev–Trinajstić information content (AvgIpc) is 3.07. The summed E-state index contributed by atoms with van der Waals surface area (Å²) < 4.78 is 11.2. The number of para-hydroxylation sites is 1. The Morgan fingerprint density at radius 3 is 2.44 bits per heavy atom. The number of amides is 2. The molecule has 0 unspecified atom stereocenters. The van der Waals surface area contributed by atoms with E-state index in [4.69, 9.17) is 21.1 Å². The monoisotopic (exact) mass is 475 g/mol. The Labute approximate surface area is 202 Å². The van der Waals surface area contributed by atoms with E-state index in [1.165, 1.54) is 0 Å². The molecule has 1 fully saturated rings. The van der Waals surface area contributed by atoms with E-state index in [9.17, 15) is 14.4 Å². The summed E-state index contributed by atoms with van der Waals surface area (Å²) in [5.74, 6) is -0.0912. The van der Waals surface area contributed by atoms with Gasteiger partial charge in [0.05, 0.1) is 23.8 Å². The molecule has 0 spiro atoms. The molecule has 1 heterocycles.